The van der Waals surface area contributed by atoms with Crippen LogP contribution in [-0.4, -0.2) is 43.6 Å². The van der Waals surface area contributed by atoms with E-state index < -0.39 is 0 Å². The average Bonchev–Trinajstić information content (AvgIpc) is 2.46. The molecule has 0 aliphatic carbocycles. The van der Waals surface area contributed by atoms with Gasteiger partial charge in [0.15, 0.2) is 0 Å². The summed E-state index contributed by atoms with van der Waals surface area (Å²) in [5.41, 5.74) is 1.52. The van der Waals surface area contributed by atoms with Crippen molar-refractivity contribution in [3.05, 3.63) is 29.6 Å². The Morgan fingerprint density at radius 1 is 1.50 bits per heavy atom. The van der Waals surface area contributed by atoms with Crippen LogP contribution in [-0.2, 0) is 11.3 Å². The molecule has 2 atom stereocenters. The molecule has 1 aromatic rings. The normalized spacial score (nSPS) is 23.1. The fourth-order valence-corrected chi connectivity index (χ4v) is 2.43. The number of hydrogen-bond donors (Lipinski definition) is 2. The van der Waals surface area contributed by atoms with Crippen LogP contribution in [0.1, 0.15) is 19.4 Å². The highest BCUT2D eigenvalue weighted by Gasteiger charge is 2.27. The molecule has 112 valence electrons. The zero-order chi connectivity index (χ0) is 14.5. The molecule has 0 amide bonds. The Bertz CT molecular complexity index is 442. The molecule has 2 rings (SSSR count). The second-order valence-corrected chi connectivity index (χ2v) is 5.21. The molecule has 4 nitrogen and oxygen atoms in total. The fraction of sp³-hybridized carbons (Fsp3) is 0.600. The third-order valence-electron chi connectivity index (χ3n) is 3.61. The van der Waals surface area contributed by atoms with Crippen LogP contribution in [0.25, 0.3) is 0 Å². The topological polar surface area (TPSA) is 44.7 Å². The van der Waals surface area contributed by atoms with Crippen LogP contribution < -0.4 is 10.2 Å². The maximum atomic E-state index is 14.3. The lowest BCUT2D eigenvalue weighted by Gasteiger charge is -2.39. The lowest BCUT2D eigenvalue weighted by Crippen LogP contribution is -2.50. The number of hydrogen-bond acceptors (Lipinski definition) is 4. The Labute approximate surface area is 119 Å². The molecule has 0 spiro atoms. The summed E-state index contributed by atoms with van der Waals surface area (Å²) in [6.07, 6.45) is -0.243. The van der Waals surface area contributed by atoms with E-state index in [1.807, 2.05) is 30.9 Å². The van der Waals surface area contributed by atoms with Gasteiger partial charge in [-0.3, -0.25) is 0 Å². The summed E-state index contributed by atoms with van der Waals surface area (Å²) in [6.45, 7) is 6.54. The molecule has 20 heavy (non-hydrogen) atoms. The second-order valence-electron chi connectivity index (χ2n) is 5.21. The minimum Gasteiger partial charge on any atom is -0.394 e. The summed E-state index contributed by atoms with van der Waals surface area (Å²) in [5, 5.41) is 12.4. The highest BCUT2D eigenvalue weighted by atomic mass is 19.1. The van der Waals surface area contributed by atoms with Gasteiger partial charge in [0.1, 0.15) is 5.82 Å². The van der Waals surface area contributed by atoms with Crippen LogP contribution >= 0.6 is 0 Å². The first-order chi connectivity index (χ1) is 9.65. The summed E-state index contributed by atoms with van der Waals surface area (Å²) >= 11 is 0. The largest absolute Gasteiger partial charge is 0.394 e. The van der Waals surface area contributed by atoms with Crippen LogP contribution in [0.15, 0.2) is 18.2 Å². The standard InChI is InChI=1S/C15H23FN2O2/c1-3-17-7-12-4-5-15(14(16)6-12)18-8-13(9-19)20-10-11(18)2/h4-6,11,13,17,19H,3,7-10H2,1-2H3. The molecule has 0 bridgehead atoms. The summed E-state index contributed by atoms with van der Waals surface area (Å²) < 4.78 is 19.8. The van der Waals surface area contributed by atoms with Gasteiger partial charge >= 0.3 is 0 Å². The van der Waals surface area contributed by atoms with Crippen molar-refractivity contribution in [3.63, 3.8) is 0 Å². The third-order valence-corrected chi connectivity index (χ3v) is 3.61. The van der Waals surface area contributed by atoms with Crippen molar-refractivity contribution in [2.45, 2.75) is 32.5 Å². The van der Waals surface area contributed by atoms with Crippen molar-refractivity contribution in [2.24, 2.45) is 0 Å². The molecule has 1 heterocycles. The van der Waals surface area contributed by atoms with E-state index in [0.717, 1.165) is 12.1 Å². The molecule has 0 radical (unpaired) electrons. The minimum atomic E-state index is -0.243. The maximum Gasteiger partial charge on any atom is 0.146 e. The first kappa shape index (κ1) is 15.2. The Hall–Kier alpha value is -1.17. The van der Waals surface area contributed by atoms with Crippen molar-refractivity contribution in [1.29, 1.82) is 0 Å². The maximum absolute atomic E-state index is 14.3. The van der Waals surface area contributed by atoms with Gasteiger partial charge < -0.3 is 20.1 Å². The number of benzene rings is 1. The molecule has 2 N–H and O–H groups in total. The van der Waals surface area contributed by atoms with E-state index in [0.29, 0.717) is 25.4 Å². The number of nitrogens with one attached hydrogen (secondary N) is 1. The average molecular weight is 282 g/mol. The van der Waals surface area contributed by atoms with Crippen LogP contribution in [0.4, 0.5) is 10.1 Å². The van der Waals surface area contributed by atoms with Crippen LogP contribution in [0, 0.1) is 5.82 Å². The van der Waals surface area contributed by atoms with Gasteiger partial charge in [-0.05, 0) is 31.2 Å². The smallest absolute Gasteiger partial charge is 0.146 e. The van der Waals surface area contributed by atoms with Crippen molar-refractivity contribution in [1.82, 2.24) is 5.32 Å². The van der Waals surface area contributed by atoms with E-state index >= 15 is 0 Å². The third kappa shape index (κ3) is 3.48. The first-order valence-electron chi connectivity index (χ1n) is 7.14. The molecule has 0 aromatic heterocycles. The van der Waals surface area contributed by atoms with E-state index in [2.05, 4.69) is 5.32 Å². The highest BCUT2D eigenvalue weighted by Crippen LogP contribution is 2.25. The Morgan fingerprint density at radius 2 is 2.30 bits per heavy atom. The van der Waals surface area contributed by atoms with E-state index in [-0.39, 0.29) is 24.6 Å². The molecule has 1 aromatic carbocycles. The first-order valence-corrected chi connectivity index (χ1v) is 7.14. The number of halogens is 1. The molecule has 1 aliphatic rings. The van der Waals surface area contributed by atoms with E-state index in [1.54, 1.807) is 6.07 Å². The monoisotopic (exact) mass is 282 g/mol. The number of anilines is 1. The molecule has 0 saturated carbocycles. The van der Waals surface area contributed by atoms with Crippen molar-refractivity contribution >= 4 is 5.69 Å². The summed E-state index contributed by atoms with van der Waals surface area (Å²) in [5.74, 6) is -0.217. The number of aliphatic hydroxyl groups is 1. The number of rotatable bonds is 5. The fourth-order valence-electron chi connectivity index (χ4n) is 2.43. The zero-order valence-electron chi connectivity index (χ0n) is 12.1. The van der Waals surface area contributed by atoms with Gasteiger partial charge in [-0.1, -0.05) is 13.0 Å². The Kier molecular flexibility index (Phi) is 5.34. The van der Waals surface area contributed by atoms with Crippen molar-refractivity contribution in [2.75, 3.05) is 31.2 Å². The number of nitrogens with zero attached hydrogens (tertiary/aromatic N) is 1. The van der Waals surface area contributed by atoms with E-state index in [1.165, 1.54) is 0 Å². The quantitative estimate of drug-likeness (QED) is 0.859. The predicted molar refractivity (Wildman–Crippen MR) is 77.4 cm³/mol. The SMILES string of the molecule is CCNCc1ccc(N2CC(CO)OCC2C)c(F)c1. The zero-order valence-corrected chi connectivity index (χ0v) is 12.1. The molecule has 5 heteroatoms. The van der Waals surface area contributed by atoms with Crippen LogP contribution in [0.5, 0.6) is 0 Å². The predicted octanol–water partition coefficient (Wildman–Crippen LogP) is 1.52. The van der Waals surface area contributed by atoms with Crippen LogP contribution in [0.2, 0.25) is 0 Å². The van der Waals surface area contributed by atoms with Gasteiger partial charge in [-0.25, -0.2) is 4.39 Å². The summed E-state index contributed by atoms with van der Waals surface area (Å²) in [6, 6.07) is 5.44. The minimum absolute atomic E-state index is 0.0384. The number of morpholine rings is 1. The van der Waals surface area contributed by atoms with Crippen molar-refractivity contribution in [3.8, 4) is 0 Å². The Balaban J connectivity index is 2.14. The molecule has 1 aliphatic heterocycles. The highest BCUT2D eigenvalue weighted by molar-refractivity contribution is 5.50. The number of aliphatic hydroxyl groups excluding tert-OH is 1. The van der Waals surface area contributed by atoms with Gasteiger partial charge in [0.25, 0.3) is 0 Å². The van der Waals surface area contributed by atoms with Gasteiger partial charge in [0.2, 0.25) is 0 Å². The lowest BCUT2D eigenvalue weighted by molar-refractivity contribution is -0.0105. The molecular weight excluding hydrogens is 259 g/mol. The van der Waals surface area contributed by atoms with Crippen molar-refractivity contribution < 1.29 is 14.2 Å². The molecule has 2 unspecified atom stereocenters. The van der Waals surface area contributed by atoms with Gasteiger partial charge in [0, 0.05) is 19.1 Å². The second kappa shape index (κ2) is 7.02. The van der Waals surface area contributed by atoms with Gasteiger partial charge in [0.05, 0.1) is 25.0 Å². The van der Waals surface area contributed by atoms with E-state index in [4.69, 9.17) is 4.74 Å². The Morgan fingerprint density at radius 3 is 2.95 bits per heavy atom. The molecule has 1 fully saturated rings. The molecular formula is C15H23FN2O2. The van der Waals surface area contributed by atoms with Gasteiger partial charge in [-0.15, -0.1) is 0 Å². The summed E-state index contributed by atoms with van der Waals surface area (Å²) in [4.78, 5) is 1.97. The van der Waals surface area contributed by atoms with Crippen LogP contribution in [0.3, 0.4) is 0 Å². The van der Waals surface area contributed by atoms with E-state index in [9.17, 15) is 9.50 Å². The molecule has 1 saturated heterocycles. The van der Waals surface area contributed by atoms with Gasteiger partial charge in [-0.2, -0.15) is 0 Å². The number of ether oxygens (including phenoxy) is 1. The summed E-state index contributed by atoms with van der Waals surface area (Å²) in [7, 11) is 0. The lowest BCUT2D eigenvalue weighted by atomic mass is 10.1.